The Morgan fingerprint density at radius 3 is 2.84 bits per heavy atom. The summed E-state index contributed by atoms with van der Waals surface area (Å²) in [6.07, 6.45) is 1.19. The molecule has 2 aromatic rings. The Bertz CT molecular complexity index is 760. The Kier molecular flexibility index (Phi) is 5.34. The Morgan fingerprint density at radius 1 is 1.28 bits per heavy atom. The van der Waals surface area contributed by atoms with Gasteiger partial charge in [-0.2, -0.15) is 0 Å². The van der Waals surface area contributed by atoms with Crippen LogP contribution in [0.1, 0.15) is 40.2 Å². The number of carbonyl (C=O) groups is 1. The fraction of sp³-hybridized carbons (Fsp3) is 0.400. The van der Waals surface area contributed by atoms with Gasteiger partial charge in [0.1, 0.15) is 0 Å². The van der Waals surface area contributed by atoms with Crippen molar-refractivity contribution >= 4 is 11.6 Å². The fourth-order valence-electron chi connectivity index (χ4n) is 3.23. The number of carbonyl (C=O) groups excluding carboxylic acids is 1. The molecule has 1 fully saturated rings. The van der Waals surface area contributed by atoms with Crippen LogP contribution in [0.15, 0.2) is 36.4 Å². The van der Waals surface area contributed by atoms with Gasteiger partial charge in [-0.05, 0) is 50.5 Å². The zero-order valence-electron chi connectivity index (χ0n) is 14.8. The summed E-state index contributed by atoms with van der Waals surface area (Å²) in [5, 5.41) is 13.2. The van der Waals surface area contributed by atoms with Crippen molar-refractivity contribution in [3.05, 3.63) is 58.9 Å². The van der Waals surface area contributed by atoms with Crippen molar-refractivity contribution in [3.8, 4) is 0 Å². The first-order valence-electron chi connectivity index (χ1n) is 8.78. The number of nitrogens with zero attached hydrogens (tertiary/aromatic N) is 2. The molecule has 0 bridgehead atoms. The van der Waals surface area contributed by atoms with Gasteiger partial charge in [0, 0.05) is 36.7 Å². The Hall–Kier alpha value is -2.40. The van der Waals surface area contributed by atoms with Gasteiger partial charge in [-0.3, -0.25) is 9.78 Å². The van der Waals surface area contributed by atoms with Crippen molar-refractivity contribution in [2.75, 3.05) is 18.4 Å². The molecular formula is C20H25N3O2. The van der Waals surface area contributed by atoms with Crippen LogP contribution >= 0.6 is 0 Å². The molecule has 3 rings (SSSR count). The highest BCUT2D eigenvalue weighted by Gasteiger charge is 2.24. The summed E-state index contributed by atoms with van der Waals surface area (Å²) >= 11 is 0. The van der Waals surface area contributed by atoms with Gasteiger partial charge in [0.15, 0.2) is 0 Å². The third-order valence-corrected chi connectivity index (χ3v) is 4.64. The second-order valence-electron chi connectivity index (χ2n) is 6.64. The molecule has 5 nitrogen and oxygen atoms in total. The topological polar surface area (TPSA) is 65.5 Å². The van der Waals surface area contributed by atoms with Crippen molar-refractivity contribution in [2.24, 2.45) is 0 Å². The molecule has 25 heavy (non-hydrogen) atoms. The van der Waals surface area contributed by atoms with Crippen LogP contribution in [-0.2, 0) is 6.54 Å². The van der Waals surface area contributed by atoms with Gasteiger partial charge in [-0.1, -0.05) is 18.2 Å². The summed E-state index contributed by atoms with van der Waals surface area (Å²) in [5.74, 6) is -0.0272. The molecule has 2 heterocycles. The number of β-amino-alcohol motifs (C(OH)–C–C–N with tert-alkyl or cyclic N) is 1. The monoisotopic (exact) mass is 339 g/mol. The van der Waals surface area contributed by atoms with Crippen molar-refractivity contribution in [1.29, 1.82) is 0 Å². The predicted molar refractivity (Wildman–Crippen MR) is 98.6 cm³/mol. The van der Waals surface area contributed by atoms with E-state index in [4.69, 9.17) is 0 Å². The van der Waals surface area contributed by atoms with E-state index in [1.165, 1.54) is 0 Å². The summed E-state index contributed by atoms with van der Waals surface area (Å²) in [4.78, 5) is 19.1. The number of aromatic nitrogens is 1. The van der Waals surface area contributed by atoms with Gasteiger partial charge in [-0.15, -0.1) is 0 Å². The number of aliphatic hydroxyl groups is 1. The Morgan fingerprint density at radius 2 is 2.08 bits per heavy atom. The van der Waals surface area contributed by atoms with Crippen LogP contribution in [0.3, 0.4) is 0 Å². The highest BCUT2D eigenvalue weighted by Crippen LogP contribution is 2.21. The lowest BCUT2D eigenvalue weighted by atomic mass is 10.1. The highest BCUT2D eigenvalue weighted by atomic mass is 16.3. The third-order valence-electron chi connectivity index (χ3n) is 4.64. The van der Waals surface area contributed by atoms with Crippen LogP contribution in [0.25, 0.3) is 0 Å². The van der Waals surface area contributed by atoms with E-state index in [1.54, 1.807) is 4.90 Å². The van der Waals surface area contributed by atoms with Crippen LogP contribution in [0.4, 0.5) is 5.69 Å². The summed E-state index contributed by atoms with van der Waals surface area (Å²) in [5.41, 5.74) is 4.57. The number of aliphatic hydroxyl groups excluding tert-OH is 1. The van der Waals surface area contributed by atoms with Gasteiger partial charge in [-0.25, -0.2) is 0 Å². The first-order valence-corrected chi connectivity index (χ1v) is 8.78. The summed E-state index contributed by atoms with van der Waals surface area (Å²) < 4.78 is 0. The van der Waals surface area contributed by atoms with Crippen molar-refractivity contribution in [1.82, 2.24) is 9.88 Å². The zero-order valence-corrected chi connectivity index (χ0v) is 14.8. The Balaban J connectivity index is 1.75. The lowest BCUT2D eigenvalue weighted by Crippen LogP contribution is -2.42. The lowest BCUT2D eigenvalue weighted by Gasteiger charge is -2.30. The Labute approximate surface area is 148 Å². The average molecular weight is 339 g/mol. The molecule has 1 unspecified atom stereocenters. The number of benzene rings is 1. The molecule has 1 aliphatic rings. The second-order valence-corrected chi connectivity index (χ2v) is 6.64. The minimum atomic E-state index is -0.417. The standard InChI is InChI=1S/C20H25N3O2/c1-14-9-10-16(15(2)22-14)12-21-19-8-4-3-7-18(19)20(25)23-11-5-6-17(24)13-23/h3-4,7-10,17,21,24H,5-6,11-13H2,1-2H3. The van der Waals surface area contributed by atoms with Crippen molar-refractivity contribution in [3.63, 3.8) is 0 Å². The number of hydrogen-bond acceptors (Lipinski definition) is 4. The zero-order chi connectivity index (χ0) is 17.8. The van der Waals surface area contributed by atoms with Crippen LogP contribution in [0.5, 0.6) is 0 Å². The van der Waals surface area contributed by atoms with E-state index in [0.717, 1.165) is 35.5 Å². The molecular weight excluding hydrogens is 314 g/mol. The smallest absolute Gasteiger partial charge is 0.256 e. The molecule has 1 amide bonds. The summed E-state index contributed by atoms with van der Waals surface area (Å²) in [6.45, 7) is 5.70. The van der Waals surface area contributed by atoms with Gasteiger partial charge < -0.3 is 15.3 Å². The maximum absolute atomic E-state index is 12.9. The van der Waals surface area contributed by atoms with Gasteiger partial charge in [0.2, 0.25) is 0 Å². The molecule has 1 aliphatic heterocycles. The maximum atomic E-state index is 12.9. The van der Waals surface area contributed by atoms with Gasteiger partial charge in [0.05, 0.1) is 11.7 Å². The molecule has 1 aromatic carbocycles. The average Bonchev–Trinajstić information content (AvgIpc) is 2.61. The molecule has 1 saturated heterocycles. The summed E-state index contributed by atoms with van der Waals surface area (Å²) in [7, 11) is 0. The van der Waals surface area contributed by atoms with Gasteiger partial charge >= 0.3 is 0 Å². The molecule has 1 atom stereocenters. The summed E-state index contributed by atoms with van der Waals surface area (Å²) in [6, 6.07) is 11.6. The number of likely N-dealkylation sites (tertiary alicyclic amines) is 1. The van der Waals surface area contributed by atoms with E-state index in [9.17, 15) is 9.90 Å². The fourth-order valence-corrected chi connectivity index (χ4v) is 3.23. The van der Waals surface area contributed by atoms with E-state index < -0.39 is 6.10 Å². The molecule has 0 saturated carbocycles. The minimum absolute atomic E-state index is 0.0272. The first-order chi connectivity index (χ1) is 12.0. The number of anilines is 1. The third kappa shape index (κ3) is 4.17. The lowest BCUT2D eigenvalue weighted by molar-refractivity contribution is 0.0474. The van der Waals surface area contributed by atoms with Crippen LogP contribution in [0, 0.1) is 13.8 Å². The highest BCUT2D eigenvalue weighted by molar-refractivity contribution is 5.99. The number of amides is 1. The van der Waals surface area contributed by atoms with Crippen molar-refractivity contribution in [2.45, 2.75) is 39.3 Å². The van der Waals surface area contributed by atoms with Crippen LogP contribution in [-0.4, -0.2) is 40.1 Å². The number of aryl methyl sites for hydroxylation is 2. The van der Waals surface area contributed by atoms with E-state index in [0.29, 0.717) is 25.2 Å². The number of piperidine rings is 1. The van der Waals surface area contributed by atoms with Gasteiger partial charge in [0.25, 0.3) is 5.91 Å². The number of pyridine rings is 1. The van der Waals surface area contributed by atoms with Crippen molar-refractivity contribution < 1.29 is 9.90 Å². The molecule has 5 heteroatoms. The molecule has 0 aliphatic carbocycles. The quantitative estimate of drug-likeness (QED) is 0.899. The number of rotatable bonds is 4. The number of para-hydroxylation sites is 1. The SMILES string of the molecule is Cc1ccc(CNc2ccccc2C(=O)N2CCCC(O)C2)c(C)n1. The number of nitrogens with one attached hydrogen (secondary N) is 1. The minimum Gasteiger partial charge on any atom is -0.391 e. The molecule has 0 spiro atoms. The molecule has 132 valence electrons. The van der Waals surface area contributed by atoms with Crippen LogP contribution < -0.4 is 5.32 Å². The predicted octanol–water partition coefficient (Wildman–Crippen LogP) is 2.91. The van der Waals surface area contributed by atoms with E-state index in [2.05, 4.69) is 16.4 Å². The van der Waals surface area contributed by atoms with Crippen LogP contribution in [0.2, 0.25) is 0 Å². The van der Waals surface area contributed by atoms with E-state index in [1.807, 2.05) is 44.2 Å². The molecule has 0 radical (unpaired) electrons. The normalized spacial score (nSPS) is 17.4. The second kappa shape index (κ2) is 7.66. The first kappa shape index (κ1) is 17.4. The molecule has 2 N–H and O–H groups in total. The largest absolute Gasteiger partial charge is 0.391 e. The number of hydrogen-bond donors (Lipinski definition) is 2. The van der Waals surface area contributed by atoms with E-state index >= 15 is 0 Å². The maximum Gasteiger partial charge on any atom is 0.256 e. The molecule has 1 aromatic heterocycles. The van der Waals surface area contributed by atoms with E-state index in [-0.39, 0.29) is 5.91 Å².